The lowest BCUT2D eigenvalue weighted by atomic mass is 9.97. The van der Waals surface area contributed by atoms with Gasteiger partial charge < -0.3 is 20.7 Å². The molecule has 2 atom stereocenters. The highest BCUT2D eigenvalue weighted by Crippen LogP contribution is 2.23. The zero-order chi connectivity index (χ0) is 17.6. The fourth-order valence-electron chi connectivity index (χ4n) is 3.55. The van der Waals surface area contributed by atoms with Crippen molar-refractivity contribution in [3.05, 3.63) is 29.8 Å². The predicted octanol–water partition coefficient (Wildman–Crippen LogP) is 1.57. The van der Waals surface area contributed by atoms with Crippen LogP contribution in [0, 0.1) is 5.92 Å². The molecular weight excluding hydrogens is 318 g/mol. The topological polar surface area (TPSA) is 84.7 Å². The Labute approximate surface area is 148 Å². The number of carbonyl (C=O) groups excluding carboxylic acids is 2. The van der Waals surface area contributed by atoms with Crippen LogP contribution in [-0.4, -0.2) is 37.6 Å². The number of nitrogens with one attached hydrogen (secondary N) is 1. The van der Waals surface area contributed by atoms with E-state index >= 15 is 0 Å². The van der Waals surface area contributed by atoms with Crippen LogP contribution < -0.4 is 16.0 Å². The average molecular weight is 345 g/mol. The fourth-order valence-corrected chi connectivity index (χ4v) is 3.55. The standard InChI is InChI=1S/C19H27N3O3/c20-19(24)15-3-1-9-22(13-15)16-7-5-14(6-8-16)12-21-18(23)11-17-4-2-10-25-17/h5-8,15,17H,1-4,9-13H2,(H2,20,24)(H,21,23). The van der Waals surface area contributed by atoms with Gasteiger partial charge in [0.15, 0.2) is 0 Å². The quantitative estimate of drug-likeness (QED) is 0.820. The number of hydrogen-bond donors (Lipinski definition) is 2. The van der Waals surface area contributed by atoms with Gasteiger partial charge in [-0.2, -0.15) is 0 Å². The maximum absolute atomic E-state index is 11.9. The predicted molar refractivity (Wildman–Crippen MR) is 96.0 cm³/mol. The molecule has 2 heterocycles. The van der Waals surface area contributed by atoms with Crippen molar-refractivity contribution in [3.63, 3.8) is 0 Å². The number of carbonyl (C=O) groups is 2. The zero-order valence-corrected chi connectivity index (χ0v) is 14.6. The van der Waals surface area contributed by atoms with E-state index in [9.17, 15) is 9.59 Å². The molecule has 2 amide bonds. The molecule has 6 heteroatoms. The van der Waals surface area contributed by atoms with Gasteiger partial charge in [0.05, 0.1) is 18.4 Å². The summed E-state index contributed by atoms with van der Waals surface area (Å²) in [5, 5.41) is 2.95. The largest absolute Gasteiger partial charge is 0.378 e. The number of benzene rings is 1. The number of anilines is 1. The molecular formula is C19H27N3O3. The molecule has 3 N–H and O–H groups in total. The smallest absolute Gasteiger partial charge is 0.222 e. The summed E-state index contributed by atoms with van der Waals surface area (Å²) in [6.45, 7) is 2.93. The van der Waals surface area contributed by atoms with Crippen molar-refractivity contribution in [1.29, 1.82) is 0 Å². The zero-order valence-electron chi connectivity index (χ0n) is 14.6. The van der Waals surface area contributed by atoms with E-state index in [4.69, 9.17) is 10.5 Å². The normalized spacial score (nSPS) is 23.4. The highest BCUT2D eigenvalue weighted by Gasteiger charge is 2.24. The molecule has 2 aliphatic rings. The average Bonchev–Trinajstić information content (AvgIpc) is 3.13. The molecule has 136 valence electrons. The van der Waals surface area contributed by atoms with E-state index < -0.39 is 0 Å². The van der Waals surface area contributed by atoms with Crippen molar-refractivity contribution < 1.29 is 14.3 Å². The summed E-state index contributed by atoms with van der Waals surface area (Å²) in [6.07, 6.45) is 4.41. The molecule has 3 rings (SSSR count). The van der Waals surface area contributed by atoms with Crippen molar-refractivity contribution >= 4 is 17.5 Å². The molecule has 2 aliphatic heterocycles. The molecule has 2 saturated heterocycles. The summed E-state index contributed by atoms with van der Waals surface area (Å²) < 4.78 is 5.48. The molecule has 2 unspecified atom stereocenters. The van der Waals surface area contributed by atoms with Gasteiger partial charge in [0.1, 0.15) is 0 Å². The van der Waals surface area contributed by atoms with Crippen molar-refractivity contribution in [3.8, 4) is 0 Å². The van der Waals surface area contributed by atoms with Gasteiger partial charge in [-0.15, -0.1) is 0 Å². The summed E-state index contributed by atoms with van der Waals surface area (Å²) >= 11 is 0. The van der Waals surface area contributed by atoms with Crippen LogP contribution in [0.2, 0.25) is 0 Å². The molecule has 6 nitrogen and oxygen atoms in total. The van der Waals surface area contributed by atoms with Crippen LogP contribution in [0.3, 0.4) is 0 Å². The fraction of sp³-hybridized carbons (Fsp3) is 0.579. The lowest BCUT2D eigenvalue weighted by Crippen LogP contribution is -2.41. The lowest BCUT2D eigenvalue weighted by molar-refractivity contribution is -0.123. The Kier molecular flexibility index (Phi) is 5.91. The van der Waals surface area contributed by atoms with E-state index in [1.807, 2.05) is 24.3 Å². The Morgan fingerprint density at radius 3 is 2.68 bits per heavy atom. The Bertz CT molecular complexity index is 596. The molecule has 2 fully saturated rings. The van der Waals surface area contributed by atoms with Crippen LogP contribution in [0.1, 0.15) is 37.7 Å². The third-order valence-corrected chi connectivity index (χ3v) is 5.05. The van der Waals surface area contributed by atoms with E-state index in [0.717, 1.165) is 50.1 Å². The number of piperidine rings is 1. The first-order valence-electron chi connectivity index (χ1n) is 9.13. The van der Waals surface area contributed by atoms with Gasteiger partial charge >= 0.3 is 0 Å². The Morgan fingerprint density at radius 2 is 2.00 bits per heavy atom. The summed E-state index contributed by atoms with van der Waals surface area (Å²) in [5.41, 5.74) is 7.60. The molecule has 0 aromatic heterocycles. The van der Waals surface area contributed by atoms with E-state index in [-0.39, 0.29) is 23.8 Å². The molecule has 25 heavy (non-hydrogen) atoms. The molecule has 1 aromatic rings. The van der Waals surface area contributed by atoms with Gasteiger partial charge in [-0.3, -0.25) is 9.59 Å². The molecule has 0 saturated carbocycles. The van der Waals surface area contributed by atoms with Gasteiger partial charge in [0.2, 0.25) is 11.8 Å². The maximum atomic E-state index is 11.9. The first-order chi connectivity index (χ1) is 12.1. The minimum atomic E-state index is -0.213. The number of ether oxygens (including phenoxy) is 1. The van der Waals surface area contributed by atoms with Crippen LogP contribution in [-0.2, 0) is 20.9 Å². The minimum absolute atomic E-state index is 0.0382. The highest BCUT2D eigenvalue weighted by atomic mass is 16.5. The number of nitrogens with two attached hydrogens (primary N) is 1. The Hall–Kier alpha value is -2.08. The molecule has 0 radical (unpaired) electrons. The van der Waals surface area contributed by atoms with E-state index in [0.29, 0.717) is 19.5 Å². The van der Waals surface area contributed by atoms with Crippen LogP contribution >= 0.6 is 0 Å². The van der Waals surface area contributed by atoms with E-state index in [1.165, 1.54) is 0 Å². The lowest BCUT2D eigenvalue weighted by Gasteiger charge is -2.33. The summed E-state index contributed by atoms with van der Waals surface area (Å²) in [6, 6.07) is 8.14. The summed E-state index contributed by atoms with van der Waals surface area (Å²) in [5.74, 6) is -0.239. The van der Waals surface area contributed by atoms with Gasteiger partial charge in [0.25, 0.3) is 0 Å². The molecule has 0 aliphatic carbocycles. The van der Waals surface area contributed by atoms with Crippen molar-refractivity contribution in [1.82, 2.24) is 5.32 Å². The molecule has 1 aromatic carbocycles. The molecule has 0 spiro atoms. The second-order valence-corrected chi connectivity index (χ2v) is 6.97. The van der Waals surface area contributed by atoms with E-state index in [2.05, 4.69) is 10.2 Å². The first kappa shape index (κ1) is 17.7. The Morgan fingerprint density at radius 1 is 1.20 bits per heavy atom. The van der Waals surface area contributed by atoms with Crippen LogP contribution in [0.5, 0.6) is 0 Å². The van der Waals surface area contributed by atoms with E-state index in [1.54, 1.807) is 0 Å². The molecule has 0 bridgehead atoms. The summed E-state index contributed by atoms with van der Waals surface area (Å²) in [4.78, 5) is 25.6. The van der Waals surface area contributed by atoms with Gasteiger partial charge in [0, 0.05) is 31.9 Å². The summed E-state index contributed by atoms with van der Waals surface area (Å²) in [7, 11) is 0. The monoisotopic (exact) mass is 345 g/mol. The van der Waals surface area contributed by atoms with Crippen LogP contribution in [0.25, 0.3) is 0 Å². The Balaban J connectivity index is 1.48. The third-order valence-electron chi connectivity index (χ3n) is 5.05. The van der Waals surface area contributed by atoms with Crippen molar-refractivity contribution in [2.45, 2.75) is 44.8 Å². The first-order valence-corrected chi connectivity index (χ1v) is 9.13. The number of amides is 2. The second-order valence-electron chi connectivity index (χ2n) is 6.97. The second kappa shape index (κ2) is 8.34. The third kappa shape index (κ3) is 4.95. The van der Waals surface area contributed by atoms with Gasteiger partial charge in [-0.05, 0) is 43.4 Å². The van der Waals surface area contributed by atoms with Crippen molar-refractivity contribution in [2.24, 2.45) is 11.7 Å². The van der Waals surface area contributed by atoms with Gasteiger partial charge in [-0.25, -0.2) is 0 Å². The number of primary amides is 1. The SMILES string of the molecule is NC(=O)C1CCCN(c2ccc(CNC(=O)CC3CCCO3)cc2)C1. The number of nitrogens with zero attached hydrogens (tertiary/aromatic N) is 1. The highest BCUT2D eigenvalue weighted by molar-refractivity contribution is 5.77. The number of hydrogen-bond acceptors (Lipinski definition) is 4. The van der Waals surface area contributed by atoms with Gasteiger partial charge in [-0.1, -0.05) is 12.1 Å². The maximum Gasteiger partial charge on any atom is 0.222 e. The van der Waals surface area contributed by atoms with Crippen molar-refractivity contribution in [2.75, 3.05) is 24.6 Å². The van der Waals surface area contributed by atoms with Crippen LogP contribution in [0.4, 0.5) is 5.69 Å². The number of rotatable bonds is 6. The minimum Gasteiger partial charge on any atom is -0.378 e. The van der Waals surface area contributed by atoms with Crippen LogP contribution in [0.15, 0.2) is 24.3 Å².